The minimum absolute atomic E-state index is 0.0653. The summed E-state index contributed by atoms with van der Waals surface area (Å²) in [6.07, 6.45) is 9.70. The predicted octanol–water partition coefficient (Wildman–Crippen LogP) is 7.45. The van der Waals surface area contributed by atoms with Crippen molar-refractivity contribution in [3.8, 4) is 5.75 Å². The number of rotatable bonds is 16. The lowest BCUT2D eigenvalue weighted by Crippen LogP contribution is -2.10. The van der Waals surface area contributed by atoms with Gasteiger partial charge in [-0.1, -0.05) is 68.9 Å². The van der Waals surface area contributed by atoms with Crippen LogP contribution in [0.25, 0.3) is 0 Å². The molecule has 0 heterocycles. The highest BCUT2D eigenvalue weighted by Crippen LogP contribution is 2.19. The average Bonchev–Trinajstić information content (AvgIpc) is 2.89. The second kappa shape index (κ2) is 15.6. The first-order chi connectivity index (χ1) is 17.2. The van der Waals surface area contributed by atoms with Gasteiger partial charge >= 0.3 is 0 Å². The summed E-state index contributed by atoms with van der Waals surface area (Å²) in [5, 5.41) is 15.4. The predicted molar refractivity (Wildman–Crippen MR) is 144 cm³/mol. The molecule has 5 nitrogen and oxygen atoms in total. The van der Waals surface area contributed by atoms with Gasteiger partial charge in [0, 0.05) is 23.5 Å². The van der Waals surface area contributed by atoms with Gasteiger partial charge in [0.05, 0.1) is 13.2 Å². The van der Waals surface area contributed by atoms with Crippen LogP contribution in [-0.2, 0) is 11.4 Å². The van der Waals surface area contributed by atoms with Crippen LogP contribution in [0.3, 0.4) is 0 Å². The standard InChI is InChI=1S/C30H38N2O3/c33-24-25-15-21-29(22-16-25)35-23-11-6-4-2-1-3-5-10-14-30(34)32-28-19-17-27(18-20-28)31-26-12-8-7-9-13-26/h7-9,12-13,15-22,31,33H,1-6,10-11,14,23-24H2,(H,32,34). The van der Waals surface area contributed by atoms with Gasteiger partial charge in [0.15, 0.2) is 0 Å². The molecule has 35 heavy (non-hydrogen) atoms. The van der Waals surface area contributed by atoms with Gasteiger partial charge in [0.1, 0.15) is 5.75 Å². The topological polar surface area (TPSA) is 70.6 Å². The van der Waals surface area contributed by atoms with E-state index in [1.807, 2.05) is 78.9 Å². The Bertz CT molecular complexity index is 973. The van der Waals surface area contributed by atoms with Crippen molar-refractivity contribution in [3.05, 3.63) is 84.4 Å². The largest absolute Gasteiger partial charge is 0.494 e. The molecule has 0 aromatic heterocycles. The number of hydrogen-bond acceptors (Lipinski definition) is 4. The van der Waals surface area contributed by atoms with E-state index in [0.717, 1.165) is 54.2 Å². The fourth-order valence-electron chi connectivity index (χ4n) is 3.88. The maximum absolute atomic E-state index is 12.2. The quantitative estimate of drug-likeness (QED) is 0.189. The summed E-state index contributed by atoms with van der Waals surface area (Å²) in [6, 6.07) is 25.4. The van der Waals surface area contributed by atoms with Crippen molar-refractivity contribution in [2.24, 2.45) is 0 Å². The Labute approximate surface area is 209 Å². The van der Waals surface area contributed by atoms with Crippen molar-refractivity contribution in [2.75, 3.05) is 17.2 Å². The summed E-state index contributed by atoms with van der Waals surface area (Å²) < 4.78 is 5.74. The van der Waals surface area contributed by atoms with E-state index in [-0.39, 0.29) is 12.5 Å². The number of aliphatic hydroxyl groups excluding tert-OH is 1. The summed E-state index contributed by atoms with van der Waals surface area (Å²) in [4.78, 5) is 12.2. The first kappa shape index (κ1) is 26.3. The first-order valence-corrected chi connectivity index (χ1v) is 12.8. The van der Waals surface area contributed by atoms with Crippen molar-refractivity contribution in [3.63, 3.8) is 0 Å². The molecule has 186 valence electrons. The zero-order valence-electron chi connectivity index (χ0n) is 20.5. The number of aliphatic hydroxyl groups is 1. The lowest BCUT2D eigenvalue weighted by Gasteiger charge is -2.09. The van der Waals surface area contributed by atoms with Crippen LogP contribution < -0.4 is 15.4 Å². The zero-order chi connectivity index (χ0) is 24.6. The first-order valence-electron chi connectivity index (χ1n) is 12.8. The molecule has 0 aliphatic rings. The van der Waals surface area contributed by atoms with E-state index < -0.39 is 0 Å². The second-order valence-corrected chi connectivity index (χ2v) is 8.85. The Hall–Kier alpha value is -3.31. The number of unbranched alkanes of at least 4 members (excludes halogenated alkanes) is 7. The van der Waals surface area contributed by atoms with Crippen molar-refractivity contribution in [1.29, 1.82) is 0 Å². The van der Waals surface area contributed by atoms with Crippen molar-refractivity contribution in [1.82, 2.24) is 0 Å². The third-order valence-electron chi connectivity index (χ3n) is 5.90. The Morgan fingerprint density at radius 2 is 1.23 bits per heavy atom. The molecule has 3 aromatic carbocycles. The number of carbonyl (C=O) groups excluding carboxylic acids is 1. The molecule has 0 radical (unpaired) electrons. The molecule has 3 N–H and O–H groups in total. The van der Waals surface area contributed by atoms with Crippen LogP contribution >= 0.6 is 0 Å². The van der Waals surface area contributed by atoms with Gasteiger partial charge in [0.2, 0.25) is 5.91 Å². The van der Waals surface area contributed by atoms with Crippen LogP contribution in [0.15, 0.2) is 78.9 Å². The van der Waals surface area contributed by atoms with Crippen LogP contribution in [-0.4, -0.2) is 17.6 Å². The van der Waals surface area contributed by atoms with Crippen LogP contribution in [0.4, 0.5) is 17.1 Å². The van der Waals surface area contributed by atoms with Crippen molar-refractivity contribution < 1.29 is 14.6 Å². The molecular weight excluding hydrogens is 436 g/mol. The highest BCUT2D eigenvalue weighted by atomic mass is 16.5. The highest BCUT2D eigenvalue weighted by molar-refractivity contribution is 5.90. The lowest BCUT2D eigenvalue weighted by molar-refractivity contribution is -0.116. The average molecular weight is 475 g/mol. The Morgan fingerprint density at radius 1 is 0.657 bits per heavy atom. The fraction of sp³-hybridized carbons (Fsp3) is 0.367. The Kier molecular flexibility index (Phi) is 11.7. The van der Waals surface area contributed by atoms with Gasteiger partial charge in [0.25, 0.3) is 0 Å². The Balaban J connectivity index is 1.15. The zero-order valence-corrected chi connectivity index (χ0v) is 20.5. The molecule has 3 rings (SSSR count). The number of anilines is 3. The number of hydrogen-bond donors (Lipinski definition) is 3. The molecule has 0 spiro atoms. The maximum Gasteiger partial charge on any atom is 0.224 e. The smallest absolute Gasteiger partial charge is 0.224 e. The molecule has 0 atom stereocenters. The van der Waals surface area contributed by atoms with Crippen LogP contribution in [0.2, 0.25) is 0 Å². The SMILES string of the molecule is O=C(CCCCCCCCCCOc1ccc(CO)cc1)Nc1ccc(Nc2ccccc2)cc1. The summed E-state index contributed by atoms with van der Waals surface area (Å²) in [7, 11) is 0. The van der Waals surface area contributed by atoms with E-state index in [9.17, 15) is 4.79 Å². The van der Waals surface area contributed by atoms with E-state index in [4.69, 9.17) is 9.84 Å². The highest BCUT2D eigenvalue weighted by Gasteiger charge is 2.03. The van der Waals surface area contributed by atoms with E-state index in [1.54, 1.807) is 0 Å². The van der Waals surface area contributed by atoms with E-state index >= 15 is 0 Å². The molecule has 0 aliphatic carbocycles. The number of amides is 1. The Morgan fingerprint density at radius 3 is 1.89 bits per heavy atom. The van der Waals surface area contributed by atoms with Crippen molar-refractivity contribution >= 4 is 23.0 Å². The van der Waals surface area contributed by atoms with Crippen LogP contribution in [0.5, 0.6) is 5.75 Å². The van der Waals surface area contributed by atoms with Gasteiger partial charge in [-0.05, 0) is 66.9 Å². The summed E-state index contributed by atoms with van der Waals surface area (Å²) in [5.41, 5.74) is 3.77. The van der Waals surface area contributed by atoms with Gasteiger partial charge in [-0.25, -0.2) is 0 Å². The molecule has 3 aromatic rings. The molecular formula is C30H38N2O3. The number of para-hydroxylation sites is 1. The fourth-order valence-corrected chi connectivity index (χ4v) is 3.88. The van der Waals surface area contributed by atoms with Gasteiger partial charge < -0.3 is 20.5 Å². The minimum Gasteiger partial charge on any atom is -0.494 e. The van der Waals surface area contributed by atoms with Gasteiger partial charge in [-0.2, -0.15) is 0 Å². The number of carbonyl (C=O) groups is 1. The summed E-state index contributed by atoms with van der Waals surface area (Å²) in [6.45, 7) is 0.801. The monoisotopic (exact) mass is 474 g/mol. The maximum atomic E-state index is 12.2. The third-order valence-corrected chi connectivity index (χ3v) is 5.90. The third kappa shape index (κ3) is 10.7. The molecule has 0 unspecified atom stereocenters. The number of nitrogens with one attached hydrogen (secondary N) is 2. The lowest BCUT2D eigenvalue weighted by atomic mass is 10.1. The number of ether oxygens (including phenoxy) is 1. The molecule has 0 saturated heterocycles. The molecule has 1 amide bonds. The van der Waals surface area contributed by atoms with Crippen molar-refractivity contribution in [2.45, 2.75) is 64.4 Å². The molecule has 0 bridgehead atoms. The van der Waals surface area contributed by atoms with E-state index in [2.05, 4.69) is 10.6 Å². The van der Waals surface area contributed by atoms with Crippen LogP contribution in [0.1, 0.15) is 63.4 Å². The molecule has 0 fully saturated rings. The second-order valence-electron chi connectivity index (χ2n) is 8.85. The van der Waals surface area contributed by atoms with Gasteiger partial charge in [-0.3, -0.25) is 4.79 Å². The summed E-state index contributed by atoms with van der Waals surface area (Å²) >= 11 is 0. The van der Waals surface area contributed by atoms with E-state index in [1.165, 1.54) is 32.1 Å². The molecule has 0 aliphatic heterocycles. The van der Waals surface area contributed by atoms with Crippen LogP contribution in [0, 0.1) is 0 Å². The molecule has 5 heteroatoms. The minimum atomic E-state index is 0.0653. The number of benzene rings is 3. The van der Waals surface area contributed by atoms with Gasteiger partial charge in [-0.15, -0.1) is 0 Å². The normalized spacial score (nSPS) is 10.7. The van der Waals surface area contributed by atoms with E-state index in [0.29, 0.717) is 6.42 Å². The summed E-state index contributed by atoms with van der Waals surface area (Å²) in [5.74, 6) is 0.947. The molecule has 0 saturated carbocycles.